The van der Waals surface area contributed by atoms with E-state index in [0.29, 0.717) is 36.9 Å². The van der Waals surface area contributed by atoms with Crippen molar-refractivity contribution in [1.82, 2.24) is 15.2 Å². The van der Waals surface area contributed by atoms with Gasteiger partial charge in [-0.15, -0.1) is 0 Å². The molecule has 2 aromatic rings. The Bertz CT molecular complexity index is 754. The van der Waals surface area contributed by atoms with Crippen molar-refractivity contribution in [2.24, 2.45) is 5.92 Å². The average molecular weight is 367 g/mol. The van der Waals surface area contributed by atoms with Crippen LogP contribution in [-0.4, -0.2) is 47.9 Å². The van der Waals surface area contributed by atoms with Crippen LogP contribution in [0.1, 0.15) is 28.8 Å². The number of aromatic nitrogens is 1. The Balaban J connectivity index is 1.36. The van der Waals surface area contributed by atoms with Crippen molar-refractivity contribution in [3.05, 3.63) is 59.9 Å². The van der Waals surface area contributed by atoms with E-state index in [2.05, 4.69) is 10.3 Å². The van der Waals surface area contributed by atoms with Crippen molar-refractivity contribution < 1.29 is 14.3 Å². The number of likely N-dealkylation sites (tertiary alicyclic amines) is 1. The first-order valence-corrected chi connectivity index (χ1v) is 9.27. The molecule has 1 aromatic heterocycles. The molecule has 0 aliphatic carbocycles. The SMILES string of the molecule is Cc1ccc(OCC(=O)NCC2CCN(C(=O)c3cccnc3)CC2)cc1. The maximum atomic E-state index is 12.4. The first-order valence-electron chi connectivity index (χ1n) is 9.27. The molecule has 0 spiro atoms. The molecule has 1 aliphatic heterocycles. The number of rotatable bonds is 6. The van der Waals surface area contributed by atoms with Crippen LogP contribution in [-0.2, 0) is 4.79 Å². The van der Waals surface area contributed by atoms with Gasteiger partial charge in [0, 0.05) is 32.0 Å². The van der Waals surface area contributed by atoms with E-state index in [1.54, 1.807) is 24.5 Å². The van der Waals surface area contributed by atoms with Gasteiger partial charge in [0.2, 0.25) is 0 Å². The summed E-state index contributed by atoms with van der Waals surface area (Å²) in [4.78, 5) is 30.2. The van der Waals surface area contributed by atoms with Crippen LogP contribution in [0.3, 0.4) is 0 Å². The normalized spacial score (nSPS) is 14.6. The number of benzene rings is 1. The fourth-order valence-corrected chi connectivity index (χ4v) is 3.10. The van der Waals surface area contributed by atoms with E-state index in [0.717, 1.165) is 18.4 Å². The lowest BCUT2D eigenvalue weighted by Crippen LogP contribution is -2.42. The Labute approximate surface area is 159 Å². The van der Waals surface area contributed by atoms with E-state index in [4.69, 9.17) is 4.74 Å². The third-order valence-electron chi connectivity index (χ3n) is 4.79. The molecule has 3 rings (SSSR count). The molecule has 0 bridgehead atoms. The maximum Gasteiger partial charge on any atom is 0.257 e. The minimum absolute atomic E-state index is 0.0153. The number of carbonyl (C=O) groups is 2. The predicted octanol–water partition coefficient (Wildman–Crippen LogP) is 2.44. The number of hydrogen-bond acceptors (Lipinski definition) is 4. The smallest absolute Gasteiger partial charge is 0.257 e. The summed E-state index contributed by atoms with van der Waals surface area (Å²) in [6, 6.07) is 11.2. The van der Waals surface area contributed by atoms with Crippen molar-refractivity contribution >= 4 is 11.8 Å². The van der Waals surface area contributed by atoms with Crippen LogP contribution < -0.4 is 10.1 Å². The van der Waals surface area contributed by atoms with Gasteiger partial charge in [0.1, 0.15) is 5.75 Å². The predicted molar refractivity (Wildman–Crippen MR) is 103 cm³/mol. The highest BCUT2D eigenvalue weighted by Gasteiger charge is 2.24. The summed E-state index contributed by atoms with van der Waals surface area (Å²) in [7, 11) is 0. The van der Waals surface area contributed by atoms with Crippen LogP contribution in [0.15, 0.2) is 48.8 Å². The van der Waals surface area contributed by atoms with Gasteiger partial charge in [-0.25, -0.2) is 0 Å². The number of nitrogens with zero attached hydrogens (tertiary/aromatic N) is 2. The molecule has 2 heterocycles. The molecular weight excluding hydrogens is 342 g/mol. The van der Waals surface area contributed by atoms with E-state index >= 15 is 0 Å². The van der Waals surface area contributed by atoms with Gasteiger partial charge >= 0.3 is 0 Å². The minimum Gasteiger partial charge on any atom is -0.484 e. The van der Waals surface area contributed by atoms with Crippen molar-refractivity contribution in [1.29, 1.82) is 0 Å². The summed E-state index contributed by atoms with van der Waals surface area (Å²) in [6.45, 7) is 4.04. The number of nitrogens with one attached hydrogen (secondary N) is 1. The highest BCUT2D eigenvalue weighted by Crippen LogP contribution is 2.18. The largest absolute Gasteiger partial charge is 0.484 e. The zero-order chi connectivity index (χ0) is 19.1. The average Bonchev–Trinajstić information content (AvgIpc) is 2.72. The number of aryl methyl sites for hydroxylation is 1. The molecule has 0 saturated carbocycles. The summed E-state index contributed by atoms with van der Waals surface area (Å²) >= 11 is 0. The lowest BCUT2D eigenvalue weighted by atomic mass is 9.96. The van der Waals surface area contributed by atoms with Crippen LogP contribution in [0.25, 0.3) is 0 Å². The molecule has 1 saturated heterocycles. The second-order valence-electron chi connectivity index (χ2n) is 6.88. The van der Waals surface area contributed by atoms with Crippen LogP contribution in [0.4, 0.5) is 0 Å². The number of hydrogen-bond donors (Lipinski definition) is 1. The lowest BCUT2D eigenvalue weighted by Gasteiger charge is -2.32. The molecule has 0 unspecified atom stereocenters. The van der Waals surface area contributed by atoms with E-state index in [-0.39, 0.29) is 18.4 Å². The van der Waals surface area contributed by atoms with Gasteiger partial charge in [-0.1, -0.05) is 17.7 Å². The molecule has 1 aliphatic rings. The van der Waals surface area contributed by atoms with Gasteiger partial charge in [-0.05, 0) is 49.9 Å². The third kappa shape index (κ3) is 5.54. The Morgan fingerprint density at radius 1 is 1.19 bits per heavy atom. The maximum absolute atomic E-state index is 12.4. The Hall–Kier alpha value is -2.89. The zero-order valence-electron chi connectivity index (χ0n) is 15.6. The standard InChI is InChI=1S/C21H25N3O3/c1-16-4-6-19(7-5-16)27-15-20(25)23-13-17-8-11-24(12-9-17)21(26)18-3-2-10-22-14-18/h2-7,10,14,17H,8-9,11-13,15H2,1H3,(H,23,25). The molecule has 0 radical (unpaired) electrons. The number of ether oxygens (including phenoxy) is 1. The number of amides is 2. The molecule has 2 amide bonds. The first-order chi connectivity index (χ1) is 13.1. The molecular formula is C21H25N3O3. The van der Waals surface area contributed by atoms with Crippen molar-refractivity contribution in [2.75, 3.05) is 26.2 Å². The fraction of sp³-hybridized carbons (Fsp3) is 0.381. The topological polar surface area (TPSA) is 71.5 Å². The summed E-state index contributed by atoms with van der Waals surface area (Å²) in [5.41, 5.74) is 1.78. The lowest BCUT2D eigenvalue weighted by molar-refractivity contribution is -0.123. The van der Waals surface area contributed by atoms with Gasteiger partial charge in [0.05, 0.1) is 5.56 Å². The summed E-state index contributed by atoms with van der Waals surface area (Å²) in [5.74, 6) is 0.978. The second kappa shape index (κ2) is 9.16. The van der Waals surface area contributed by atoms with Crippen molar-refractivity contribution in [3.63, 3.8) is 0 Å². The van der Waals surface area contributed by atoms with Crippen LogP contribution in [0.5, 0.6) is 5.75 Å². The molecule has 27 heavy (non-hydrogen) atoms. The molecule has 142 valence electrons. The summed E-state index contributed by atoms with van der Waals surface area (Å²) < 4.78 is 5.49. The monoisotopic (exact) mass is 367 g/mol. The van der Waals surface area contributed by atoms with Crippen LogP contribution >= 0.6 is 0 Å². The minimum atomic E-state index is -0.121. The van der Waals surface area contributed by atoms with Gasteiger partial charge in [-0.2, -0.15) is 0 Å². The quantitative estimate of drug-likeness (QED) is 0.851. The number of piperidine rings is 1. The summed E-state index contributed by atoms with van der Waals surface area (Å²) in [5, 5.41) is 2.93. The number of pyridine rings is 1. The van der Waals surface area contributed by atoms with Gasteiger partial charge in [0.15, 0.2) is 6.61 Å². The molecule has 1 N–H and O–H groups in total. The van der Waals surface area contributed by atoms with Gasteiger partial charge in [-0.3, -0.25) is 14.6 Å². The molecule has 1 fully saturated rings. The van der Waals surface area contributed by atoms with Crippen LogP contribution in [0, 0.1) is 12.8 Å². The molecule has 0 atom stereocenters. The first kappa shape index (κ1) is 18.9. The second-order valence-corrected chi connectivity index (χ2v) is 6.88. The van der Waals surface area contributed by atoms with Gasteiger partial charge < -0.3 is 15.0 Å². The van der Waals surface area contributed by atoms with Crippen molar-refractivity contribution in [2.45, 2.75) is 19.8 Å². The summed E-state index contributed by atoms with van der Waals surface area (Å²) in [6.07, 6.45) is 5.02. The molecule has 6 heteroatoms. The highest BCUT2D eigenvalue weighted by atomic mass is 16.5. The Morgan fingerprint density at radius 3 is 2.59 bits per heavy atom. The van der Waals surface area contributed by atoms with Crippen LogP contribution in [0.2, 0.25) is 0 Å². The van der Waals surface area contributed by atoms with Gasteiger partial charge in [0.25, 0.3) is 11.8 Å². The fourth-order valence-electron chi connectivity index (χ4n) is 3.10. The number of carbonyl (C=O) groups excluding carboxylic acids is 2. The molecule has 6 nitrogen and oxygen atoms in total. The molecule has 1 aromatic carbocycles. The van der Waals surface area contributed by atoms with E-state index in [9.17, 15) is 9.59 Å². The zero-order valence-corrected chi connectivity index (χ0v) is 15.6. The Morgan fingerprint density at radius 2 is 1.93 bits per heavy atom. The highest BCUT2D eigenvalue weighted by molar-refractivity contribution is 5.93. The van der Waals surface area contributed by atoms with Crippen molar-refractivity contribution in [3.8, 4) is 5.75 Å². The Kier molecular flexibility index (Phi) is 6.41. The van der Waals surface area contributed by atoms with E-state index in [1.807, 2.05) is 36.1 Å². The van der Waals surface area contributed by atoms with E-state index < -0.39 is 0 Å². The third-order valence-corrected chi connectivity index (χ3v) is 4.79. The van der Waals surface area contributed by atoms with E-state index in [1.165, 1.54) is 0 Å².